The zero-order valence-corrected chi connectivity index (χ0v) is 9.88. The highest BCUT2D eigenvalue weighted by atomic mass is 19.1. The first-order valence-corrected chi connectivity index (χ1v) is 5.35. The molecule has 0 bridgehead atoms. The van der Waals surface area contributed by atoms with Crippen LogP contribution in [-0.4, -0.2) is 5.78 Å². The third-order valence-electron chi connectivity index (χ3n) is 2.68. The molecule has 0 aromatic heterocycles. The highest BCUT2D eigenvalue weighted by Crippen LogP contribution is 2.22. The Hall–Kier alpha value is -2.57. The molecular formula is C13H8F4N2O. The number of hydrogen-bond donors (Lipinski definition) is 2. The summed E-state index contributed by atoms with van der Waals surface area (Å²) in [5, 5.41) is 0. The summed E-state index contributed by atoms with van der Waals surface area (Å²) in [5.41, 5.74) is 7.80. The third-order valence-corrected chi connectivity index (χ3v) is 2.68. The van der Waals surface area contributed by atoms with E-state index < -0.39 is 51.6 Å². The second kappa shape index (κ2) is 4.84. The highest BCUT2D eigenvalue weighted by molar-refractivity contribution is 6.09. The molecule has 0 atom stereocenters. The Labute approximate surface area is 110 Å². The topological polar surface area (TPSA) is 69.1 Å². The summed E-state index contributed by atoms with van der Waals surface area (Å²) in [5.74, 6) is -5.50. The quantitative estimate of drug-likeness (QED) is 0.506. The summed E-state index contributed by atoms with van der Waals surface area (Å²) in [6.45, 7) is 0. The van der Waals surface area contributed by atoms with Gasteiger partial charge in [0, 0.05) is 11.1 Å². The first kappa shape index (κ1) is 13.9. The van der Waals surface area contributed by atoms with E-state index in [1.165, 1.54) is 0 Å². The van der Waals surface area contributed by atoms with Crippen LogP contribution >= 0.6 is 0 Å². The molecule has 4 N–H and O–H groups in total. The van der Waals surface area contributed by atoms with Crippen molar-refractivity contribution in [3.8, 4) is 0 Å². The van der Waals surface area contributed by atoms with E-state index in [0.717, 1.165) is 0 Å². The molecule has 7 heteroatoms. The van der Waals surface area contributed by atoms with Crippen LogP contribution in [0, 0.1) is 23.3 Å². The van der Waals surface area contributed by atoms with E-state index in [0.29, 0.717) is 24.3 Å². The van der Waals surface area contributed by atoms with Crippen LogP contribution in [0.4, 0.5) is 28.9 Å². The molecule has 0 radical (unpaired) electrons. The minimum Gasteiger partial charge on any atom is -0.394 e. The molecule has 104 valence electrons. The van der Waals surface area contributed by atoms with Crippen molar-refractivity contribution < 1.29 is 22.4 Å². The third kappa shape index (κ3) is 2.29. The van der Waals surface area contributed by atoms with Gasteiger partial charge in [0.05, 0.1) is 0 Å². The van der Waals surface area contributed by atoms with E-state index in [-0.39, 0.29) is 0 Å². The average molecular weight is 284 g/mol. The lowest BCUT2D eigenvalue weighted by molar-refractivity contribution is 0.103. The molecule has 0 fully saturated rings. The van der Waals surface area contributed by atoms with Crippen molar-refractivity contribution in [1.82, 2.24) is 0 Å². The molecule has 0 aliphatic rings. The van der Waals surface area contributed by atoms with Gasteiger partial charge < -0.3 is 11.5 Å². The number of carbonyl (C=O) groups excluding carboxylic acids is 1. The van der Waals surface area contributed by atoms with Crippen LogP contribution in [0.25, 0.3) is 0 Å². The van der Waals surface area contributed by atoms with E-state index in [1.807, 2.05) is 0 Å². The predicted octanol–water partition coefficient (Wildman–Crippen LogP) is 2.64. The van der Waals surface area contributed by atoms with Crippen LogP contribution in [0.15, 0.2) is 24.3 Å². The summed E-state index contributed by atoms with van der Waals surface area (Å²) in [6, 6.07) is 2.75. The van der Waals surface area contributed by atoms with Crippen LogP contribution in [0.3, 0.4) is 0 Å². The zero-order chi connectivity index (χ0) is 15.0. The van der Waals surface area contributed by atoms with E-state index in [2.05, 4.69) is 0 Å². The lowest BCUT2D eigenvalue weighted by atomic mass is 10.0. The number of rotatable bonds is 2. The monoisotopic (exact) mass is 284 g/mol. The summed E-state index contributed by atoms with van der Waals surface area (Å²) in [4.78, 5) is 11.9. The molecule has 0 saturated carbocycles. The number of hydrogen-bond acceptors (Lipinski definition) is 3. The first-order valence-electron chi connectivity index (χ1n) is 5.35. The van der Waals surface area contributed by atoms with Crippen LogP contribution < -0.4 is 11.5 Å². The molecule has 0 unspecified atom stereocenters. The van der Waals surface area contributed by atoms with Gasteiger partial charge in [0.15, 0.2) is 5.78 Å². The number of nitrogens with two attached hydrogens (primary N) is 2. The van der Waals surface area contributed by atoms with Gasteiger partial charge in [-0.05, 0) is 24.3 Å². The Morgan fingerprint density at radius 1 is 0.700 bits per heavy atom. The number of nitrogen functional groups attached to an aromatic ring is 2. The normalized spacial score (nSPS) is 10.6. The molecule has 20 heavy (non-hydrogen) atoms. The van der Waals surface area contributed by atoms with Crippen LogP contribution in [-0.2, 0) is 0 Å². The number of ketones is 1. The van der Waals surface area contributed by atoms with Gasteiger partial charge in [0.25, 0.3) is 0 Å². The Morgan fingerprint density at radius 3 is 1.20 bits per heavy atom. The maximum absolute atomic E-state index is 13.3. The molecule has 2 aromatic rings. The van der Waals surface area contributed by atoms with Crippen LogP contribution in [0.2, 0.25) is 0 Å². The Bertz CT molecular complexity index is 610. The maximum atomic E-state index is 13.3. The van der Waals surface area contributed by atoms with E-state index >= 15 is 0 Å². The molecular weight excluding hydrogens is 276 g/mol. The summed E-state index contributed by atoms with van der Waals surface area (Å²) in [7, 11) is 0. The summed E-state index contributed by atoms with van der Waals surface area (Å²) < 4.78 is 53.0. The number of benzene rings is 2. The fourth-order valence-electron chi connectivity index (χ4n) is 1.60. The Morgan fingerprint density at radius 2 is 0.950 bits per heavy atom. The fraction of sp³-hybridized carbons (Fsp3) is 0. The molecule has 0 aliphatic heterocycles. The van der Waals surface area contributed by atoms with Crippen LogP contribution in [0.5, 0.6) is 0 Å². The van der Waals surface area contributed by atoms with Gasteiger partial charge in [-0.15, -0.1) is 0 Å². The molecule has 0 amide bonds. The fourth-order valence-corrected chi connectivity index (χ4v) is 1.60. The van der Waals surface area contributed by atoms with Crippen molar-refractivity contribution in [2.45, 2.75) is 0 Å². The smallest absolute Gasteiger partial charge is 0.193 e. The minimum absolute atomic E-state index is 0.419. The standard InChI is InChI=1S/C13H8F4N2O/c14-7-1-5(2-8(15)11(7)18)13(20)6-3-9(16)12(19)10(17)4-6/h1-4H,18-19H2. The SMILES string of the molecule is Nc1c(F)cc(C(=O)c2cc(F)c(N)c(F)c2)cc1F. The van der Waals surface area contributed by atoms with Crippen molar-refractivity contribution in [2.24, 2.45) is 0 Å². The zero-order valence-electron chi connectivity index (χ0n) is 9.88. The van der Waals surface area contributed by atoms with Crippen LogP contribution in [0.1, 0.15) is 15.9 Å². The number of carbonyl (C=O) groups is 1. The van der Waals surface area contributed by atoms with Gasteiger partial charge in [0.2, 0.25) is 0 Å². The Kier molecular flexibility index (Phi) is 3.35. The van der Waals surface area contributed by atoms with Crippen molar-refractivity contribution in [1.29, 1.82) is 0 Å². The minimum atomic E-state index is -1.13. The lowest BCUT2D eigenvalue weighted by Gasteiger charge is -2.06. The van der Waals surface area contributed by atoms with Gasteiger partial charge in [0.1, 0.15) is 34.6 Å². The van der Waals surface area contributed by atoms with Crippen molar-refractivity contribution >= 4 is 17.2 Å². The molecule has 0 spiro atoms. The van der Waals surface area contributed by atoms with E-state index in [1.54, 1.807) is 0 Å². The van der Waals surface area contributed by atoms with Crippen molar-refractivity contribution in [2.75, 3.05) is 11.5 Å². The highest BCUT2D eigenvalue weighted by Gasteiger charge is 2.18. The van der Waals surface area contributed by atoms with E-state index in [9.17, 15) is 22.4 Å². The largest absolute Gasteiger partial charge is 0.394 e. The molecule has 2 aromatic carbocycles. The molecule has 0 saturated heterocycles. The van der Waals surface area contributed by atoms with Crippen molar-refractivity contribution in [3.63, 3.8) is 0 Å². The van der Waals surface area contributed by atoms with Gasteiger partial charge in [-0.1, -0.05) is 0 Å². The molecule has 0 heterocycles. The number of halogens is 4. The van der Waals surface area contributed by atoms with Gasteiger partial charge in [-0.3, -0.25) is 4.79 Å². The number of anilines is 2. The second-order valence-electron chi connectivity index (χ2n) is 4.04. The Balaban J connectivity index is 2.52. The molecule has 0 aliphatic carbocycles. The van der Waals surface area contributed by atoms with Crippen molar-refractivity contribution in [3.05, 3.63) is 58.7 Å². The lowest BCUT2D eigenvalue weighted by Crippen LogP contribution is -2.07. The average Bonchev–Trinajstić information content (AvgIpc) is 2.40. The summed E-state index contributed by atoms with van der Waals surface area (Å²) >= 11 is 0. The predicted molar refractivity (Wildman–Crippen MR) is 65.0 cm³/mol. The molecule has 3 nitrogen and oxygen atoms in total. The maximum Gasteiger partial charge on any atom is 0.193 e. The van der Waals surface area contributed by atoms with E-state index in [4.69, 9.17) is 11.5 Å². The van der Waals surface area contributed by atoms with Gasteiger partial charge in [-0.25, -0.2) is 17.6 Å². The first-order chi connectivity index (χ1) is 9.31. The summed E-state index contributed by atoms with van der Waals surface area (Å²) in [6.07, 6.45) is 0. The molecule has 2 rings (SSSR count). The van der Waals surface area contributed by atoms with Gasteiger partial charge >= 0.3 is 0 Å². The van der Waals surface area contributed by atoms with Gasteiger partial charge in [-0.2, -0.15) is 0 Å². The second-order valence-corrected chi connectivity index (χ2v) is 4.04.